The molecule has 0 aliphatic carbocycles. The van der Waals surface area contributed by atoms with Crippen LogP contribution in [0.3, 0.4) is 0 Å². The lowest BCUT2D eigenvalue weighted by Crippen LogP contribution is -2.41. The zero-order valence-corrected chi connectivity index (χ0v) is 12.2. The molecule has 2 fully saturated rings. The normalized spacial score (nSPS) is 31.0. The maximum Gasteiger partial charge on any atom is 0.0706 e. The van der Waals surface area contributed by atoms with Gasteiger partial charge in [-0.3, -0.25) is 0 Å². The Kier molecular flexibility index (Phi) is 5.93. The standard InChI is InChI=1S/C15H30N2O/c1-3-8-16-11-14-6-9-17(10-7-14)12-15-5-4-13(2)18-15/h13-16H,3-12H2,1-2H3. The molecule has 0 saturated carbocycles. The minimum absolute atomic E-state index is 0.491. The Bertz CT molecular complexity index is 227. The van der Waals surface area contributed by atoms with E-state index < -0.39 is 0 Å². The molecule has 0 aromatic carbocycles. The van der Waals surface area contributed by atoms with Gasteiger partial charge in [0.25, 0.3) is 0 Å². The van der Waals surface area contributed by atoms with E-state index in [-0.39, 0.29) is 0 Å². The molecule has 0 spiro atoms. The number of nitrogens with one attached hydrogen (secondary N) is 1. The van der Waals surface area contributed by atoms with Crippen molar-refractivity contribution in [2.75, 3.05) is 32.7 Å². The topological polar surface area (TPSA) is 24.5 Å². The molecule has 18 heavy (non-hydrogen) atoms. The van der Waals surface area contributed by atoms with Gasteiger partial charge in [0, 0.05) is 6.54 Å². The quantitative estimate of drug-likeness (QED) is 0.736. The molecule has 2 heterocycles. The SMILES string of the molecule is CCCNCC1CCN(CC2CCC(C)O2)CC1. The summed E-state index contributed by atoms with van der Waals surface area (Å²) in [6, 6.07) is 0. The minimum Gasteiger partial charge on any atom is -0.374 e. The van der Waals surface area contributed by atoms with Crippen molar-refractivity contribution in [1.82, 2.24) is 10.2 Å². The van der Waals surface area contributed by atoms with E-state index in [1.54, 1.807) is 0 Å². The minimum atomic E-state index is 0.491. The summed E-state index contributed by atoms with van der Waals surface area (Å²) in [6.45, 7) is 10.5. The summed E-state index contributed by atoms with van der Waals surface area (Å²) in [7, 11) is 0. The monoisotopic (exact) mass is 254 g/mol. The third-order valence-electron chi connectivity index (χ3n) is 4.35. The lowest BCUT2D eigenvalue weighted by atomic mass is 9.96. The first-order chi connectivity index (χ1) is 8.78. The maximum absolute atomic E-state index is 5.92. The summed E-state index contributed by atoms with van der Waals surface area (Å²) in [4.78, 5) is 2.61. The van der Waals surface area contributed by atoms with Crippen LogP contribution in [-0.2, 0) is 4.74 Å². The molecule has 2 rings (SSSR count). The number of nitrogens with zero attached hydrogens (tertiary/aromatic N) is 1. The average Bonchev–Trinajstić information content (AvgIpc) is 2.77. The van der Waals surface area contributed by atoms with Crippen molar-refractivity contribution in [3.63, 3.8) is 0 Å². The van der Waals surface area contributed by atoms with E-state index >= 15 is 0 Å². The number of hydrogen-bond donors (Lipinski definition) is 1. The van der Waals surface area contributed by atoms with Crippen molar-refractivity contribution in [2.45, 2.75) is 58.2 Å². The van der Waals surface area contributed by atoms with Crippen molar-refractivity contribution in [3.05, 3.63) is 0 Å². The first kappa shape index (κ1) is 14.3. The van der Waals surface area contributed by atoms with Crippen LogP contribution in [0, 0.1) is 5.92 Å². The zero-order valence-electron chi connectivity index (χ0n) is 12.2. The molecular formula is C15H30N2O. The summed E-state index contributed by atoms with van der Waals surface area (Å²) in [5.41, 5.74) is 0. The molecule has 0 amide bonds. The summed E-state index contributed by atoms with van der Waals surface area (Å²) in [5, 5.41) is 3.56. The van der Waals surface area contributed by atoms with Gasteiger partial charge in [-0.1, -0.05) is 6.92 Å². The highest BCUT2D eigenvalue weighted by molar-refractivity contribution is 4.79. The average molecular weight is 254 g/mol. The van der Waals surface area contributed by atoms with Gasteiger partial charge in [0.15, 0.2) is 0 Å². The Morgan fingerprint density at radius 2 is 1.94 bits per heavy atom. The van der Waals surface area contributed by atoms with Crippen LogP contribution in [0.25, 0.3) is 0 Å². The van der Waals surface area contributed by atoms with E-state index in [1.165, 1.54) is 64.8 Å². The second-order valence-corrected chi connectivity index (χ2v) is 6.09. The van der Waals surface area contributed by atoms with E-state index in [2.05, 4.69) is 24.1 Å². The zero-order chi connectivity index (χ0) is 12.8. The first-order valence-electron chi connectivity index (χ1n) is 7.86. The second kappa shape index (κ2) is 7.46. The summed E-state index contributed by atoms with van der Waals surface area (Å²) in [6.07, 6.45) is 7.48. The lowest BCUT2D eigenvalue weighted by molar-refractivity contribution is 0.0239. The smallest absolute Gasteiger partial charge is 0.0706 e. The third kappa shape index (κ3) is 4.52. The fourth-order valence-electron chi connectivity index (χ4n) is 3.16. The van der Waals surface area contributed by atoms with Crippen molar-refractivity contribution in [1.29, 1.82) is 0 Å². The van der Waals surface area contributed by atoms with Gasteiger partial charge >= 0.3 is 0 Å². The number of ether oxygens (including phenoxy) is 1. The van der Waals surface area contributed by atoms with Crippen molar-refractivity contribution >= 4 is 0 Å². The molecule has 2 aliphatic heterocycles. The van der Waals surface area contributed by atoms with Gasteiger partial charge in [-0.25, -0.2) is 0 Å². The summed E-state index contributed by atoms with van der Waals surface area (Å²) in [5.74, 6) is 0.899. The van der Waals surface area contributed by atoms with Crippen LogP contribution in [0.1, 0.15) is 46.0 Å². The highest BCUT2D eigenvalue weighted by Crippen LogP contribution is 2.22. The summed E-state index contributed by atoms with van der Waals surface area (Å²) >= 11 is 0. The van der Waals surface area contributed by atoms with Gasteiger partial charge < -0.3 is 15.0 Å². The predicted octanol–water partition coefficient (Wildman–Crippen LogP) is 2.27. The van der Waals surface area contributed by atoms with Gasteiger partial charge in [-0.15, -0.1) is 0 Å². The Balaban J connectivity index is 1.58. The molecule has 1 N–H and O–H groups in total. The van der Waals surface area contributed by atoms with Crippen LogP contribution in [0.5, 0.6) is 0 Å². The number of likely N-dealkylation sites (tertiary alicyclic amines) is 1. The Hall–Kier alpha value is -0.120. The first-order valence-corrected chi connectivity index (χ1v) is 7.86. The van der Waals surface area contributed by atoms with Crippen LogP contribution < -0.4 is 5.32 Å². The van der Waals surface area contributed by atoms with E-state index in [1.807, 2.05) is 0 Å². The molecule has 0 bridgehead atoms. The van der Waals surface area contributed by atoms with Crippen LogP contribution in [-0.4, -0.2) is 49.8 Å². The van der Waals surface area contributed by atoms with Gasteiger partial charge in [-0.2, -0.15) is 0 Å². The van der Waals surface area contributed by atoms with Gasteiger partial charge in [0.2, 0.25) is 0 Å². The number of piperidine rings is 1. The predicted molar refractivity (Wildman–Crippen MR) is 75.9 cm³/mol. The van der Waals surface area contributed by atoms with E-state index in [4.69, 9.17) is 4.74 Å². The van der Waals surface area contributed by atoms with E-state index in [0.717, 1.165) is 5.92 Å². The maximum atomic E-state index is 5.92. The second-order valence-electron chi connectivity index (χ2n) is 6.09. The summed E-state index contributed by atoms with van der Waals surface area (Å²) < 4.78 is 5.92. The van der Waals surface area contributed by atoms with Gasteiger partial charge in [-0.05, 0) is 71.1 Å². The van der Waals surface area contributed by atoms with Crippen molar-refractivity contribution in [2.24, 2.45) is 5.92 Å². The molecule has 0 aromatic heterocycles. The molecular weight excluding hydrogens is 224 g/mol. The van der Waals surface area contributed by atoms with Crippen LogP contribution in [0.15, 0.2) is 0 Å². The van der Waals surface area contributed by atoms with Gasteiger partial charge in [0.05, 0.1) is 12.2 Å². The molecule has 3 nitrogen and oxygen atoms in total. The third-order valence-corrected chi connectivity index (χ3v) is 4.35. The highest BCUT2D eigenvalue weighted by Gasteiger charge is 2.26. The fourth-order valence-corrected chi connectivity index (χ4v) is 3.16. The van der Waals surface area contributed by atoms with Gasteiger partial charge in [0.1, 0.15) is 0 Å². The van der Waals surface area contributed by atoms with E-state index in [9.17, 15) is 0 Å². The lowest BCUT2D eigenvalue weighted by Gasteiger charge is -2.33. The Morgan fingerprint density at radius 3 is 2.56 bits per heavy atom. The van der Waals surface area contributed by atoms with Crippen LogP contribution >= 0.6 is 0 Å². The Morgan fingerprint density at radius 1 is 1.17 bits per heavy atom. The van der Waals surface area contributed by atoms with E-state index in [0.29, 0.717) is 12.2 Å². The molecule has 0 aromatic rings. The molecule has 106 valence electrons. The number of rotatable bonds is 6. The molecule has 2 saturated heterocycles. The van der Waals surface area contributed by atoms with Crippen LogP contribution in [0.2, 0.25) is 0 Å². The highest BCUT2D eigenvalue weighted by atomic mass is 16.5. The molecule has 2 unspecified atom stereocenters. The van der Waals surface area contributed by atoms with Crippen LogP contribution in [0.4, 0.5) is 0 Å². The molecule has 3 heteroatoms. The number of hydrogen-bond acceptors (Lipinski definition) is 3. The molecule has 0 radical (unpaired) electrons. The largest absolute Gasteiger partial charge is 0.374 e. The Labute approximate surface area is 112 Å². The molecule has 2 aliphatic rings. The van der Waals surface area contributed by atoms with Crippen molar-refractivity contribution in [3.8, 4) is 0 Å². The molecule has 2 atom stereocenters. The fraction of sp³-hybridized carbons (Fsp3) is 1.00. The van der Waals surface area contributed by atoms with Crippen molar-refractivity contribution < 1.29 is 4.74 Å².